The summed E-state index contributed by atoms with van der Waals surface area (Å²) in [5.41, 5.74) is 0.911. The van der Waals surface area contributed by atoms with Crippen LogP contribution in [0.4, 0.5) is 5.69 Å². The van der Waals surface area contributed by atoms with Crippen LogP contribution in [0, 0.1) is 10.1 Å². The van der Waals surface area contributed by atoms with E-state index in [0.717, 1.165) is 15.9 Å². The summed E-state index contributed by atoms with van der Waals surface area (Å²) in [7, 11) is 0. The largest absolute Gasteiger partial charge is 0.277 e. The van der Waals surface area contributed by atoms with Gasteiger partial charge in [-0.2, -0.15) is 5.10 Å². The zero-order valence-electron chi connectivity index (χ0n) is 7.35. The first-order valence-corrected chi connectivity index (χ1v) is 5.11. The first-order valence-electron chi connectivity index (χ1n) is 3.89. The van der Waals surface area contributed by atoms with Gasteiger partial charge in [0, 0.05) is 17.5 Å². The van der Waals surface area contributed by atoms with E-state index in [-0.39, 0.29) is 5.69 Å². The molecular weight excluding hydrogens is 202 g/mol. The van der Waals surface area contributed by atoms with Crippen LogP contribution in [-0.4, -0.2) is 21.4 Å². The molecule has 14 heavy (non-hydrogen) atoms. The molecule has 1 aromatic carbocycles. The molecule has 72 valence electrons. The van der Waals surface area contributed by atoms with Gasteiger partial charge in [0.1, 0.15) is 5.03 Å². The van der Waals surface area contributed by atoms with E-state index in [1.165, 1.54) is 23.9 Å². The summed E-state index contributed by atoms with van der Waals surface area (Å²) >= 11 is 1.46. The van der Waals surface area contributed by atoms with E-state index in [9.17, 15) is 10.1 Å². The Kier molecular flexibility index (Phi) is 2.12. The van der Waals surface area contributed by atoms with Crippen molar-refractivity contribution in [3.8, 4) is 0 Å². The number of fused-ring (bicyclic) bond motifs is 1. The van der Waals surface area contributed by atoms with Crippen molar-refractivity contribution in [2.75, 3.05) is 6.26 Å². The number of aromatic amines is 1. The van der Waals surface area contributed by atoms with E-state index < -0.39 is 4.92 Å². The van der Waals surface area contributed by atoms with Crippen molar-refractivity contribution in [1.82, 2.24) is 10.2 Å². The van der Waals surface area contributed by atoms with E-state index >= 15 is 0 Å². The predicted molar refractivity (Wildman–Crippen MR) is 54.5 cm³/mol. The third-order valence-corrected chi connectivity index (χ3v) is 2.61. The smallest absolute Gasteiger partial charge is 0.270 e. The molecule has 0 amide bonds. The molecule has 2 aromatic rings. The summed E-state index contributed by atoms with van der Waals surface area (Å²) in [6.45, 7) is 0. The molecule has 0 atom stereocenters. The molecule has 0 saturated carbocycles. The van der Waals surface area contributed by atoms with E-state index in [4.69, 9.17) is 0 Å². The Morgan fingerprint density at radius 3 is 3.00 bits per heavy atom. The normalized spacial score (nSPS) is 10.6. The number of hydrogen-bond acceptors (Lipinski definition) is 4. The number of hydrogen-bond donors (Lipinski definition) is 1. The molecule has 0 aliphatic heterocycles. The van der Waals surface area contributed by atoms with Crippen LogP contribution in [0.5, 0.6) is 0 Å². The zero-order chi connectivity index (χ0) is 10.1. The molecule has 0 radical (unpaired) electrons. The van der Waals surface area contributed by atoms with E-state index in [0.29, 0.717) is 0 Å². The Morgan fingerprint density at radius 1 is 1.57 bits per heavy atom. The molecule has 2 rings (SSSR count). The zero-order valence-corrected chi connectivity index (χ0v) is 8.17. The van der Waals surface area contributed by atoms with Gasteiger partial charge in [0.2, 0.25) is 0 Å². The number of H-pyrrole nitrogens is 1. The second-order valence-electron chi connectivity index (χ2n) is 2.72. The van der Waals surface area contributed by atoms with Crippen LogP contribution >= 0.6 is 11.8 Å². The van der Waals surface area contributed by atoms with Crippen molar-refractivity contribution < 1.29 is 4.92 Å². The summed E-state index contributed by atoms with van der Waals surface area (Å²) in [6.07, 6.45) is 1.88. The third-order valence-electron chi connectivity index (χ3n) is 1.92. The average Bonchev–Trinajstić information content (AvgIpc) is 2.59. The Morgan fingerprint density at radius 2 is 2.36 bits per heavy atom. The number of aromatic nitrogens is 2. The van der Waals surface area contributed by atoms with Crippen molar-refractivity contribution in [1.29, 1.82) is 0 Å². The Balaban J connectivity index is 2.67. The molecule has 0 unspecified atom stereocenters. The van der Waals surface area contributed by atoms with Crippen molar-refractivity contribution in [3.63, 3.8) is 0 Å². The third kappa shape index (κ3) is 1.33. The predicted octanol–water partition coefficient (Wildman–Crippen LogP) is 2.19. The quantitative estimate of drug-likeness (QED) is 0.467. The topological polar surface area (TPSA) is 71.8 Å². The second kappa shape index (κ2) is 3.30. The van der Waals surface area contributed by atoms with Crippen LogP contribution in [0.2, 0.25) is 0 Å². The highest BCUT2D eigenvalue weighted by atomic mass is 32.2. The van der Waals surface area contributed by atoms with Crippen molar-refractivity contribution >= 4 is 28.4 Å². The SMILES string of the molecule is CSc1n[nH]c2ccc([N+](=O)[O-])cc12. The fraction of sp³-hybridized carbons (Fsp3) is 0.125. The maximum Gasteiger partial charge on any atom is 0.270 e. The first kappa shape index (κ1) is 9.01. The molecule has 0 bridgehead atoms. The number of non-ortho nitro benzene ring substituents is 1. The molecule has 0 aliphatic carbocycles. The number of nitro benzene ring substituents is 1. The van der Waals surface area contributed by atoms with Gasteiger partial charge < -0.3 is 0 Å². The minimum atomic E-state index is -0.406. The minimum Gasteiger partial charge on any atom is -0.277 e. The summed E-state index contributed by atoms with van der Waals surface area (Å²) in [5.74, 6) is 0. The van der Waals surface area contributed by atoms with Crippen molar-refractivity contribution in [2.24, 2.45) is 0 Å². The number of nitrogens with zero attached hydrogens (tertiary/aromatic N) is 2. The van der Waals surface area contributed by atoms with Gasteiger partial charge in [-0.15, -0.1) is 11.8 Å². The standard InChI is InChI=1S/C8H7N3O2S/c1-14-8-6-4-5(11(12)13)2-3-7(6)9-10-8/h2-4H,1H3,(H,9,10). The van der Waals surface area contributed by atoms with Gasteiger partial charge in [-0.05, 0) is 12.3 Å². The van der Waals surface area contributed by atoms with Crippen LogP contribution < -0.4 is 0 Å². The van der Waals surface area contributed by atoms with Crippen molar-refractivity contribution in [3.05, 3.63) is 28.3 Å². The monoisotopic (exact) mass is 209 g/mol. The average molecular weight is 209 g/mol. The van der Waals surface area contributed by atoms with Crippen LogP contribution in [0.1, 0.15) is 0 Å². The van der Waals surface area contributed by atoms with Gasteiger partial charge in [0.05, 0.1) is 10.4 Å². The molecule has 1 N–H and O–H groups in total. The number of nitrogens with one attached hydrogen (secondary N) is 1. The number of rotatable bonds is 2. The number of nitro groups is 1. The molecule has 1 heterocycles. The van der Waals surface area contributed by atoms with Gasteiger partial charge >= 0.3 is 0 Å². The number of benzene rings is 1. The molecule has 0 saturated heterocycles. The van der Waals surface area contributed by atoms with Gasteiger partial charge in [0.25, 0.3) is 5.69 Å². The summed E-state index contributed by atoms with van der Waals surface area (Å²) in [5, 5.41) is 19.0. The van der Waals surface area contributed by atoms with E-state index in [2.05, 4.69) is 10.2 Å². The molecule has 1 aromatic heterocycles. The molecule has 6 heteroatoms. The van der Waals surface area contributed by atoms with Gasteiger partial charge in [0.15, 0.2) is 0 Å². The molecule has 5 nitrogen and oxygen atoms in total. The Bertz CT molecular complexity index is 494. The second-order valence-corrected chi connectivity index (χ2v) is 3.51. The lowest BCUT2D eigenvalue weighted by molar-refractivity contribution is -0.384. The Hall–Kier alpha value is -1.56. The molecule has 0 fully saturated rings. The van der Waals surface area contributed by atoms with Crippen molar-refractivity contribution in [2.45, 2.75) is 5.03 Å². The molecule has 0 spiro atoms. The highest BCUT2D eigenvalue weighted by Gasteiger charge is 2.10. The first-order chi connectivity index (χ1) is 6.72. The maximum atomic E-state index is 10.5. The van der Waals surface area contributed by atoms with Crippen LogP contribution in [-0.2, 0) is 0 Å². The highest BCUT2D eigenvalue weighted by Crippen LogP contribution is 2.26. The lowest BCUT2D eigenvalue weighted by Gasteiger charge is -1.92. The minimum absolute atomic E-state index is 0.0919. The van der Waals surface area contributed by atoms with Crippen LogP contribution in [0.25, 0.3) is 10.9 Å². The fourth-order valence-corrected chi connectivity index (χ4v) is 1.77. The fourth-order valence-electron chi connectivity index (χ4n) is 1.25. The molecular formula is C8H7N3O2S. The summed E-state index contributed by atoms with van der Waals surface area (Å²) in [4.78, 5) is 10.1. The lowest BCUT2D eigenvalue weighted by Crippen LogP contribution is -1.86. The number of thioether (sulfide) groups is 1. The lowest BCUT2D eigenvalue weighted by atomic mass is 10.2. The van der Waals surface area contributed by atoms with E-state index in [1.807, 2.05) is 6.26 Å². The van der Waals surface area contributed by atoms with E-state index in [1.54, 1.807) is 6.07 Å². The van der Waals surface area contributed by atoms with Crippen LogP contribution in [0.15, 0.2) is 23.2 Å². The maximum absolute atomic E-state index is 10.5. The molecule has 0 aliphatic rings. The van der Waals surface area contributed by atoms with Crippen LogP contribution in [0.3, 0.4) is 0 Å². The van der Waals surface area contributed by atoms with Gasteiger partial charge in [-0.1, -0.05) is 0 Å². The Labute approximate surface area is 83.7 Å². The van der Waals surface area contributed by atoms with Gasteiger partial charge in [-0.3, -0.25) is 15.2 Å². The summed E-state index contributed by atoms with van der Waals surface area (Å²) < 4.78 is 0. The summed E-state index contributed by atoms with van der Waals surface area (Å²) in [6, 6.07) is 4.66. The van der Waals surface area contributed by atoms with Gasteiger partial charge in [-0.25, -0.2) is 0 Å². The highest BCUT2D eigenvalue weighted by molar-refractivity contribution is 7.98.